The molecule has 4 heteroatoms. The van der Waals surface area contributed by atoms with Crippen LogP contribution in [0, 0.1) is 5.41 Å². The van der Waals surface area contributed by atoms with E-state index in [0.29, 0.717) is 11.4 Å². The Kier molecular flexibility index (Phi) is 1.34. The molecule has 0 aromatic heterocycles. The standard InChI is InChI=1S/C7H11N4/c1-7(2-3-7)4-8-6-9-5-10-11-6/h5H,2-4H2,1H3,(H,8,11). The molecule has 11 heavy (non-hydrogen) atoms. The molecule has 0 aromatic rings. The summed E-state index contributed by atoms with van der Waals surface area (Å²) in [5.74, 6) is 0.651. The molecule has 1 fully saturated rings. The van der Waals surface area contributed by atoms with Crippen LogP contribution in [0.25, 0.3) is 0 Å². The van der Waals surface area contributed by atoms with E-state index in [0.717, 1.165) is 6.54 Å². The summed E-state index contributed by atoms with van der Waals surface area (Å²) in [6.45, 7) is 3.23. The third-order valence-electron chi connectivity index (χ3n) is 2.16. The zero-order valence-electron chi connectivity index (χ0n) is 6.54. The number of nitrogens with zero attached hydrogens (tertiary/aromatic N) is 3. The maximum atomic E-state index is 3.91. The highest BCUT2D eigenvalue weighted by Crippen LogP contribution is 2.43. The highest BCUT2D eigenvalue weighted by molar-refractivity contribution is 5.92. The van der Waals surface area contributed by atoms with Crippen molar-refractivity contribution < 1.29 is 0 Å². The van der Waals surface area contributed by atoms with Gasteiger partial charge in [0, 0.05) is 6.54 Å². The second-order valence-electron chi connectivity index (χ2n) is 3.45. The lowest BCUT2D eigenvalue weighted by Crippen LogP contribution is -2.33. The maximum Gasteiger partial charge on any atom is 0.244 e. The Morgan fingerprint density at radius 2 is 2.45 bits per heavy atom. The summed E-state index contributed by atoms with van der Waals surface area (Å²) in [6.07, 6.45) is 4.08. The van der Waals surface area contributed by atoms with Gasteiger partial charge in [-0.15, -0.1) is 10.2 Å². The molecule has 0 unspecified atom stereocenters. The van der Waals surface area contributed by atoms with Gasteiger partial charge >= 0.3 is 0 Å². The fourth-order valence-electron chi connectivity index (χ4n) is 0.950. The molecular formula is C7H11N4. The second-order valence-corrected chi connectivity index (χ2v) is 3.45. The van der Waals surface area contributed by atoms with Crippen LogP contribution in [0.1, 0.15) is 19.8 Å². The average molecular weight is 151 g/mol. The number of guanidine groups is 1. The quantitative estimate of drug-likeness (QED) is 0.606. The van der Waals surface area contributed by atoms with Gasteiger partial charge in [-0.3, -0.25) is 0 Å². The third kappa shape index (κ3) is 1.50. The van der Waals surface area contributed by atoms with E-state index in [1.807, 2.05) is 0 Å². The fraction of sp³-hybridized carbons (Fsp3) is 0.714. The topological polar surface area (TPSA) is 50.9 Å². The zero-order valence-corrected chi connectivity index (χ0v) is 6.54. The summed E-state index contributed by atoms with van der Waals surface area (Å²) in [6, 6.07) is 0. The van der Waals surface area contributed by atoms with E-state index in [9.17, 15) is 0 Å². The zero-order chi connectivity index (χ0) is 7.73. The molecule has 2 aliphatic rings. The third-order valence-corrected chi connectivity index (χ3v) is 2.16. The van der Waals surface area contributed by atoms with E-state index < -0.39 is 0 Å². The first kappa shape index (κ1) is 6.64. The fourth-order valence-corrected chi connectivity index (χ4v) is 0.950. The molecule has 4 nitrogen and oxygen atoms in total. The summed E-state index contributed by atoms with van der Waals surface area (Å²) in [5, 5.41) is 14.5. The molecule has 1 aliphatic heterocycles. The average Bonchev–Trinajstić information content (AvgIpc) is 2.53. The molecule has 1 aliphatic carbocycles. The van der Waals surface area contributed by atoms with Crippen molar-refractivity contribution in [3.05, 3.63) is 0 Å². The van der Waals surface area contributed by atoms with Gasteiger partial charge in [0.2, 0.25) is 5.96 Å². The van der Waals surface area contributed by atoms with E-state index in [2.05, 4.69) is 27.8 Å². The number of hydrogen-bond donors (Lipinski definition) is 1. The number of nitrogens with one attached hydrogen (secondary N) is 1. The first-order valence-corrected chi connectivity index (χ1v) is 3.83. The second kappa shape index (κ2) is 2.22. The van der Waals surface area contributed by atoms with Crippen molar-refractivity contribution in [2.45, 2.75) is 19.8 Å². The van der Waals surface area contributed by atoms with Crippen molar-refractivity contribution >= 4 is 12.3 Å². The molecule has 0 spiro atoms. The van der Waals surface area contributed by atoms with Crippen LogP contribution in [0.5, 0.6) is 0 Å². The minimum Gasteiger partial charge on any atom is -0.352 e. The molecule has 0 atom stereocenters. The predicted molar refractivity (Wildman–Crippen MR) is 43.4 cm³/mol. The minimum absolute atomic E-state index is 0.501. The highest BCUT2D eigenvalue weighted by atomic mass is 15.4. The van der Waals surface area contributed by atoms with Gasteiger partial charge in [0.15, 0.2) is 0 Å². The van der Waals surface area contributed by atoms with E-state index in [1.54, 1.807) is 0 Å². The van der Waals surface area contributed by atoms with Crippen molar-refractivity contribution in [1.82, 2.24) is 10.6 Å². The normalized spacial score (nSPS) is 24.3. The van der Waals surface area contributed by atoms with Gasteiger partial charge in [-0.1, -0.05) is 6.92 Å². The Morgan fingerprint density at radius 3 is 3.00 bits per heavy atom. The summed E-state index contributed by atoms with van der Waals surface area (Å²) < 4.78 is 0. The van der Waals surface area contributed by atoms with Crippen molar-refractivity contribution in [2.75, 3.05) is 6.54 Å². The molecule has 1 heterocycles. The van der Waals surface area contributed by atoms with Gasteiger partial charge < -0.3 is 5.32 Å². The van der Waals surface area contributed by atoms with Gasteiger partial charge in [-0.25, -0.2) is 0 Å². The largest absolute Gasteiger partial charge is 0.352 e. The van der Waals surface area contributed by atoms with Gasteiger partial charge in [-0.2, -0.15) is 5.32 Å². The van der Waals surface area contributed by atoms with Crippen LogP contribution >= 0.6 is 0 Å². The molecule has 0 amide bonds. The summed E-state index contributed by atoms with van der Waals surface area (Å²) >= 11 is 0. The van der Waals surface area contributed by atoms with Gasteiger partial charge in [-0.05, 0) is 18.3 Å². The SMILES string of the molecule is CC1(CNC2=NN=C[N]2)CC1. The van der Waals surface area contributed by atoms with Crippen molar-refractivity contribution in [2.24, 2.45) is 15.6 Å². The number of rotatable bonds is 2. The van der Waals surface area contributed by atoms with Crippen LogP contribution in [0.3, 0.4) is 0 Å². The van der Waals surface area contributed by atoms with Crippen LogP contribution < -0.4 is 10.6 Å². The Labute approximate surface area is 65.8 Å². The van der Waals surface area contributed by atoms with Gasteiger partial charge in [0.25, 0.3) is 0 Å². The summed E-state index contributed by atoms with van der Waals surface area (Å²) in [5.41, 5.74) is 0.501. The molecule has 0 aromatic carbocycles. The summed E-state index contributed by atoms with van der Waals surface area (Å²) in [7, 11) is 0. The minimum atomic E-state index is 0.501. The first-order chi connectivity index (χ1) is 5.29. The maximum absolute atomic E-state index is 3.91. The number of hydrogen-bond acceptors (Lipinski definition) is 3. The van der Waals surface area contributed by atoms with Crippen LogP contribution in [0.15, 0.2) is 10.2 Å². The Bertz CT molecular complexity index is 214. The van der Waals surface area contributed by atoms with E-state index >= 15 is 0 Å². The molecule has 1 N–H and O–H groups in total. The Morgan fingerprint density at radius 1 is 1.64 bits per heavy atom. The lowest BCUT2D eigenvalue weighted by molar-refractivity contribution is 0.553. The molecule has 1 radical (unpaired) electrons. The van der Waals surface area contributed by atoms with Crippen LogP contribution in [0.2, 0.25) is 0 Å². The van der Waals surface area contributed by atoms with Crippen molar-refractivity contribution in [3.63, 3.8) is 0 Å². The van der Waals surface area contributed by atoms with E-state index in [4.69, 9.17) is 0 Å². The van der Waals surface area contributed by atoms with Gasteiger partial charge in [0.05, 0.1) is 0 Å². The monoisotopic (exact) mass is 151 g/mol. The first-order valence-electron chi connectivity index (χ1n) is 3.83. The van der Waals surface area contributed by atoms with E-state index in [-0.39, 0.29) is 0 Å². The van der Waals surface area contributed by atoms with Crippen LogP contribution in [-0.2, 0) is 0 Å². The highest BCUT2D eigenvalue weighted by Gasteiger charge is 2.37. The smallest absolute Gasteiger partial charge is 0.244 e. The van der Waals surface area contributed by atoms with Crippen LogP contribution in [0.4, 0.5) is 0 Å². The molecule has 0 bridgehead atoms. The molecular weight excluding hydrogens is 140 g/mol. The predicted octanol–water partition coefficient (Wildman–Crippen LogP) is 0.293. The molecule has 1 saturated carbocycles. The van der Waals surface area contributed by atoms with Crippen molar-refractivity contribution in [1.29, 1.82) is 0 Å². The van der Waals surface area contributed by atoms with Crippen molar-refractivity contribution in [3.8, 4) is 0 Å². The molecule has 0 saturated heterocycles. The lowest BCUT2D eigenvalue weighted by atomic mass is 10.1. The van der Waals surface area contributed by atoms with Crippen LogP contribution in [-0.4, -0.2) is 18.8 Å². The van der Waals surface area contributed by atoms with Gasteiger partial charge in [0.1, 0.15) is 6.34 Å². The molecule has 2 rings (SSSR count). The summed E-state index contributed by atoms with van der Waals surface area (Å²) in [4.78, 5) is 0. The lowest BCUT2D eigenvalue weighted by Gasteiger charge is -2.08. The molecule has 59 valence electrons. The van der Waals surface area contributed by atoms with E-state index in [1.165, 1.54) is 19.2 Å². The Balaban J connectivity index is 1.75. The Hall–Kier alpha value is -1.06.